The van der Waals surface area contributed by atoms with Crippen LogP contribution in [0.1, 0.15) is 5.56 Å². The van der Waals surface area contributed by atoms with Crippen molar-refractivity contribution >= 4 is 12.0 Å². The topological polar surface area (TPSA) is 52.9 Å². The molecule has 0 fully saturated rings. The summed E-state index contributed by atoms with van der Waals surface area (Å²) in [5.41, 5.74) is 1.11. The minimum absolute atomic E-state index is 0.0923. The summed E-state index contributed by atoms with van der Waals surface area (Å²) in [6.45, 7) is 0. The first-order chi connectivity index (χ1) is 7.77. The lowest BCUT2D eigenvalue weighted by Crippen LogP contribution is -2.18. The lowest BCUT2D eigenvalue weighted by Gasteiger charge is -1.93. The van der Waals surface area contributed by atoms with Crippen molar-refractivity contribution in [2.45, 2.75) is 0 Å². The molecule has 0 saturated heterocycles. The van der Waals surface area contributed by atoms with Gasteiger partial charge in [0.15, 0.2) is 0 Å². The van der Waals surface area contributed by atoms with E-state index in [1.807, 2.05) is 42.5 Å². The molecule has 0 radical (unpaired) electrons. The van der Waals surface area contributed by atoms with Crippen LogP contribution in [0.25, 0.3) is 6.08 Å². The van der Waals surface area contributed by atoms with Crippen molar-refractivity contribution in [3.8, 4) is 6.07 Å². The number of nitrogens with one attached hydrogen (secondary N) is 1. The number of carbonyl (C=O) groups excluding carboxylic acids is 1. The molecule has 80 valence electrons. The van der Waals surface area contributed by atoms with Crippen LogP contribution in [-0.4, -0.2) is 13.0 Å². The molecule has 1 N–H and O–H groups in total. The Morgan fingerprint density at radius 3 is 2.62 bits per heavy atom. The Kier molecular flexibility index (Phi) is 4.55. The summed E-state index contributed by atoms with van der Waals surface area (Å²) in [6.07, 6.45) is 5.01. The average molecular weight is 212 g/mol. The first kappa shape index (κ1) is 11.7. The molecule has 1 amide bonds. The van der Waals surface area contributed by atoms with E-state index in [0.29, 0.717) is 0 Å². The highest BCUT2D eigenvalue weighted by Crippen LogP contribution is 2.02. The Balaban J connectivity index is 2.76. The Labute approximate surface area is 94.7 Å². The molecule has 0 spiro atoms. The van der Waals surface area contributed by atoms with Crippen molar-refractivity contribution in [1.82, 2.24) is 5.32 Å². The van der Waals surface area contributed by atoms with Gasteiger partial charge in [-0.2, -0.15) is 5.26 Å². The van der Waals surface area contributed by atoms with Gasteiger partial charge in [-0.25, -0.2) is 0 Å². The molecule has 0 aliphatic heterocycles. The van der Waals surface area contributed by atoms with Gasteiger partial charge in [0.05, 0.1) is 0 Å². The molecule has 0 aromatic heterocycles. The van der Waals surface area contributed by atoms with Gasteiger partial charge < -0.3 is 5.32 Å². The summed E-state index contributed by atoms with van der Waals surface area (Å²) in [5, 5.41) is 11.1. The van der Waals surface area contributed by atoms with Gasteiger partial charge in [-0.05, 0) is 11.6 Å². The van der Waals surface area contributed by atoms with E-state index in [9.17, 15) is 4.79 Å². The zero-order valence-electron chi connectivity index (χ0n) is 8.97. The Hall–Kier alpha value is -2.34. The predicted molar refractivity (Wildman–Crippen MR) is 63.2 cm³/mol. The highest BCUT2D eigenvalue weighted by atomic mass is 16.1. The van der Waals surface area contributed by atoms with E-state index in [1.54, 1.807) is 6.08 Å². The zero-order chi connectivity index (χ0) is 11.8. The molecule has 1 aromatic rings. The van der Waals surface area contributed by atoms with Crippen molar-refractivity contribution < 1.29 is 4.79 Å². The van der Waals surface area contributed by atoms with Crippen molar-refractivity contribution in [2.24, 2.45) is 0 Å². The summed E-state index contributed by atoms with van der Waals surface area (Å²) in [6, 6.07) is 11.5. The summed E-state index contributed by atoms with van der Waals surface area (Å²) in [7, 11) is 1.49. The molecule has 0 atom stereocenters. The fraction of sp³-hybridized carbons (Fsp3) is 0.0769. The SMILES string of the molecule is CNC(=O)/C(C#N)=C\C=C\c1ccccc1. The maximum Gasteiger partial charge on any atom is 0.261 e. The van der Waals surface area contributed by atoms with Crippen molar-refractivity contribution in [1.29, 1.82) is 5.26 Å². The van der Waals surface area contributed by atoms with Gasteiger partial charge in [-0.15, -0.1) is 0 Å². The van der Waals surface area contributed by atoms with Crippen LogP contribution < -0.4 is 5.32 Å². The summed E-state index contributed by atoms with van der Waals surface area (Å²) < 4.78 is 0. The molecule has 16 heavy (non-hydrogen) atoms. The monoisotopic (exact) mass is 212 g/mol. The summed E-state index contributed by atoms with van der Waals surface area (Å²) in [4.78, 5) is 11.1. The van der Waals surface area contributed by atoms with Crippen LogP contribution in [0.2, 0.25) is 0 Å². The van der Waals surface area contributed by atoms with Crippen LogP contribution in [0.3, 0.4) is 0 Å². The van der Waals surface area contributed by atoms with Crippen LogP contribution in [0, 0.1) is 11.3 Å². The molecule has 0 saturated carbocycles. The molecule has 0 aliphatic rings. The minimum atomic E-state index is -0.375. The van der Waals surface area contributed by atoms with E-state index < -0.39 is 0 Å². The number of amides is 1. The van der Waals surface area contributed by atoms with Crippen LogP contribution >= 0.6 is 0 Å². The van der Waals surface area contributed by atoms with Crippen LogP contribution in [0.5, 0.6) is 0 Å². The second kappa shape index (κ2) is 6.20. The molecule has 3 nitrogen and oxygen atoms in total. The molecule has 3 heteroatoms. The van der Waals surface area contributed by atoms with Gasteiger partial charge in [0.25, 0.3) is 5.91 Å². The average Bonchev–Trinajstić information content (AvgIpc) is 2.35. The van der Waals surface area contributed by atoms with Crippen molar-refractivity contribution in [3.63, 3.8) is 0 Å². The van der Waals surface area contributed by atoms with Gasteiger partial charge in [-0.3, -0.25) is 4.79 Å². The largest absolute Gasteiger partial charge is 0.354 e. The molecule has 0 unspecified atom stereocenters. The zero-order valence-corrected chi connectivity index (χ0v) is 8.97. The van der Waals surface area contributed by atoms with E-state index in [-0.39, 0.29) is 11.5 Å². The third-order valence-electron chi connectivity index (χ3n) is 1.94. The van der Waals surface area contributed by atoms with Crippen LogP contribution in [0.4, 0.5) is 0 Å². The van der Waals surface area contributed by atoms with Gasteiger partial charge in [0.1, 0.15) is 11.6 Å². The second-order valence-corrected chi connectivity index (χ2v) is 3.04. The van der Waals surface area contributed by atoms with E-state index in [2.05, 4.69) is 5.32 Å². The fourth-order valence-corrected chi connectivity index (χ4v) is 1.12. The van der Waals surface area contributed by atoms with E-state index in [0.717, 1.165) is 5.56 Å². The molecule has 0 aliphatic carbocycles. The number of hydrogen-bond donors (Lipinski definition) is 1. The second-order valence-electron chi connectivity index (χ2n) is 3.04. The molecule has 1 rings (SSSR count). The maximum absolute atomic E-state index is 11.1. The first-order valence-corrected chi connectivity index (χ1v) is 4.83. The van der Waals surface area contributed by atoms with E-state index in [1.165, 1.54) is 13.1 Å². The number of carbonyl (C=O) groups is 1. The first-order valence-electron chi connectivity index (χ1n) is 4.83. The normalized spacial score (nSPS) is 11.1. The fourth-order valence-electron chi connectivity index (χ4n) is 1.12. The Morgan fingerprint density at radius 1 is 1.38 bits per heavy atom. The minimum Gasteiger partial charge on any atom is -0.354 e. The van der Waals surface area contributed by atoms with Gasteiger partial charge in [0.2, 0.25) is 0 Å². The number of benzene rings is 1. The van der Waals surface area contributed by atoms with E-state index in [4.69, 9.17) is 5.26 Å². The Bertz CT molecular complexity index is 453. The highest BCUT2D eigenvalue weighted by molar-refractivity contribution is 5.97. The lowest BCUT2D eigenvalue weighted by atomic mass is 10.2. The summed E-state index contributed by atoms with van der Waals surface area (Å²) >= 11 is 0. The molecule has 0 heterocycles. The molecular formula is C13H12N2O. The highest BCUT2D eigenvalue weighted by Gasteiger charge is 2.02. The van der Waals surface area contributed by atoms with Gasteiger partial charge in [-0.1, -0.05) is 42.5 Å². The quantitative estimate of drug-likeness (QED) is 0.472. The van der Waals surface area contributed by atoms with E-state index >= 15 is 0 Å². The number of likely N-dealkylation sites (N-methyl/N-ethyl adjacent to an activating group) is 1. The Morgan fingerprint density at radius 2 is 2.06 bits per heavy atom. The van der Waals surface area contributed by atoms with Crippen molar-refractivity contribution in [2.75, 3.05) is 7.05 Å². The lowest BCUT2D eigenvalue weighted by molar-refractivity contribution is -0.116. The number of hydrogen-bond acceptors (Lipinski definition) is 2. The number of rotatable bonds is 3. The van der Waals surface area contributed by atoms with Crippen LogP contribution in [-0.2, 0) is 4.79 Å². The molecule has 0 bridgehead atoms. The molecule has 1 aromatic carbocycles. The predicted octanol–water partition coefficient (Wildman–Crippen LogP) is 1.90. The third kappa shape index (κ3) is 3.43. The number of nitrogens with zero attached hydrogens (tertiary/aromatic N) is 1. The molecular weight excluding hydrogens is 200 g/mol. The van der Waals surface area contributed by atoms with Gasteiger partial charge in [0, 0.05) is 7.05 Å². The third-order valence-corrected chi connectivity index (χ3v) is 1.94. The number of allylic oxidation sites excluding steroid dienone is 2. The smallest absolute Gasteiger partial charge is 0.261 e. The number of nitriles is 1. The van der Waals surface area contributed by atoms with Crippen LogP contribution in [0.15, 0.2) is 48.1 Å². The standard InChI is InChI=1S/C13H12N2O/c1-15-13(16)12(10-14)9-5-8-11-6-3-2-4-7-11/h2-9H,1H3,(H,15,16)/b8-5+,12-9-. The van der Waals surface area contributed by atoms with Gasteiger partial charge >= 0.3 is 0 Å². The summed E-state index contributed by atoms with van der Waals surface area (Å²) in [5.74, 6) is -0.375. The maximum atomic E-state index is 11.1. The van der Waals surface area contributed by atoms with Crippen molar-refractivity contribution in [3.05, 3.63) is 53.6 Å².